The largest absolute Gasteiger partial charge is 0.490 e. The molecule has 2 aromatic carbocycles. The van der Waals surface area contributed by atoms with E-state index < -0.39 is 23.3 Å². The Hall–Kier alpha value is -2.30. The normalized spacial score (nSPS) is 18.9. The molecule has 0 bridgehead atoms. The fourth-order valence-electron chi connectivity index (χ4n) is 4.43. The van der Waals surface area contributed by atoms with Crippen LogP contribution >= 0.6 is 0 Å². The first-order valence-corrected chi connectivity index (χ1v) is 11.7. The maximum absolute atomic E-state index is 15.0. The van der Waals surface area contributed by atoms with Gasteiger partial charge in [0.15, 0.2) is 23.2 Å². The van der Waals surface area contributed by atoms with E-state index >= 15 is 0 Å². The fourth-order valence-corrected chi connectivity index (χ4v) is 4.43. The van der Waals surface area contributed by atoms with Crippen LogP contribution in [0.25, 0.3) is 11.1 Å². The van der Waals surface area contributed by atoms with E-state index in [9.17, 15) is 17.6 Å². The molecule has 0 aliphatic heterocycles. The highest BCUT2D eigenvalue weighted by molar-refractivity contribution is 5.66. The standard InChI is InChI=1S/C27H32F4O/c1-3-5-7-8-18-9-11-19(12-10-18)20-13-14-21(25(29)24(20)28)22-15-16-23(27(31)26(22)30)32-17-6-4-2/h5,7,13-16,18-19H,3-4,6,8-12,17H2,1-2H3/b7-5-. The molecule has 0 N–H and O–H groups in total. The lowest BCUT2D eigenvalue weighted by Gasteiger charge is -2.28. The summed E-state index contributed by atoms with van der Waals surface area (Å²) in [7, 11) is 0. The van der Waals surface area contributed by atoms with E-state index in [0.29, 0.717) is 17.9 Å². The van der Waals surface area contributed by atoms with E-state index in [1.165, 1.54) is 24.3 Å². The number of rotatable bonds is 9. The number of halogens is 4. The van der Waals surface area contributed by atoms with Crippen molar-refractivity contribution in [2.45, 2.75) is 71.1 Å². The Morgan fingerprint density at radius 1 is 0.812 bits per heavy atom. The molecule has 2 aromatic rings. The number of hydrogen-bond donors (Lipinski definition) is 0. The monoisotopic (exact) mass is 448 g/mol. The van der Waals surface area contributed by atoms with Crippen LogP contribution in [0.4, 0.5) is 17.6 Å². The summed E-state index contributed by atoms with van der Waals surface area (Å²) in [6.45, 7) is 4.33. The summed E-state index contributed by atoms with van der Waals surface area (Å²) in [5, 5.41) is 0. The van der Waals surface area contributed by atoms with Gasteiger partial charge in [0.1, 0.15) is 0 Å². The second-order valence-corrected chi connectivity index (χ2v) is 8.60. The quantitative estimate of drug-likeness (QED) is 0.212. The van der Waals surface area contributed by atoms with Crippen LogP contribution in [0, 0.1) is 29.2 Å². The van der Waals surface area contributed by atoms with Crippen LogP contribution in [0.15, 0.2) is 36.4 Å². The molecule has 0 aromatic heterocycles. The molecule has 0 amide bonds. The average molecular weight is 449 g/mol. The zero-order valence-corrected chi connectivity index (χ0v) is 18.9. The maximum Gasteiger partial charge on any atom is 0.201 e. The van der Waals surface area contributed by atoms with Gasteiger partial charge >= 0.3 is 0 Å². The first kappa shape index (κ1) is 24.3. The van der Waals surface area contributed by atoms with Crippen molar-refractivity contribution in [2.24, 2.45) is 5.92 Å². The summed E-state index contributed by atoms with van der Waals surface area (Å²) >= 11 is 0. The predicted molar refractivity (Wildman–Crippen MR) is 121 cm³/mol. The van der Waals surface area contributed by atoms with Crippen LogP contribution in [0.2, 0.25) is 0 Å². The molecule has 1 fully saturated rings. The van der Waals surface area contributed by atoms with Gasteiger partial charge in [0.2, 0.25) is 5.82 Å². The van der Waals surface area contributed by atoms with E-state index in [-0.39, 0.29) is 29.4 Å². The van der Waals surface area contributed by atoms with E-state index in [4.69, 9.17) is 4.74 Å². The average Bonchev–Trinajstić information content (AvgIpc) is 2.80. The number of benzene rings is 2. The van der Waals surface area contributed by atoms with Gasteiger partial charge in [-0.05, 0) is 74.5 Å². The Balaban J connectivity index is 1.77. The van der Waals surface area contributed by atoms with Crippen LogP contribution in [0.1, 0.15) is 76.7 Å². The third kappa shape index (κ3) is 5.54. The molecule has 32 heavy (non-hydrogen) atoms. The van der Waals surface area contributed by atoms with Gasteiger partial charge in [-0.2, -0.15) is 4.39 Å². The summed E-state index contributed by atoms with van der Waals surface area (Å²) in [6, 6.07) is 5.40. The van der Waals surface area contributed by atoms with Crippen LogP contribution < -0.4 is 4.74 Å². The molecule has 0 unspecified atom stereocenters. The van der Waals surface area contributed by atoms with Crippen molar-refractivity contribution in [1.82, 2.24) is 0 Å². The van der Waals surface area contributed by atoms with E-state index in [1.54, 1.807) is 0 Å². The van der Waals surface area contributed by atoms with Crippen molar-refractivity contribution in [1.29, 1.82) is 0 Å². The van der Waals surface area contributed by atoms with Gasteiger partial charge < -0.3 is 4.74 Å². The minimum Gasteiger partial charge on any atom is -0.490 e. The molecule has 0 saturated heterocycles. The Labute approximate surface area is 188 Å². The topological polar surface area (TPSA) is 9.23 Å². The lowest BCUT2D eigenvalue weighted by atomic mass is 9.77. The van der Waals surface area contributed by atoms with Crippen molar-refractivity contribution in [2.75, 3.05) is 6.61 Å². The molecule has 1 aliphatic rings. The van der Waals surface area contributed by atoms with Gasteiger partial charge in [0.05, 0.1) is 6.61 Å². The summed E-state index contributed by atoms with van der Waals surface area (Å²) in [4.78, 5) is 0. The lowest BCUT2D eigenvalue weighted by Crippen LogP contribution is -2.14. The first-order chi connectivity index (χ1) is 15.5. The van der Waals surface area contributed by atoms with E-state index in [0.717, 1.165) is 44.9 Å². The molecule has 0 heterocycles. The van der Waals surface area contributed by atoms with Gasteiger partial charge in [0, 0.05) is 11.1 Å². The highest BCUT2D eigenvalue weighted by Crippen LogP contribution is 2.40. The van der Waals surface area contributed by atoms with Crippen molar-refractivity contribution < 1.29 is 22.3 Å². The summed E-state index contributed by atoms with van der Waals surface area (Å²) < 4.78 is 64.2. The molecular weight excluding hydrogens is 416 g/mol. The van der Waals surface area contributed by atoms with Gasteiger partial charge in [-0.25, -0.2) is 13.2 Å². The minimum absolute atomic E-state index is 0.0547. The van der Waals surface area contributed by atoms with Crippen molar-refractivity contribution in [3.05, 3.63) is 65.2 Å². The molecule has 0 atom stereocenters. The zero-order valence-electron chi connectivity index (χ0n) is 18.9. The smallest absolute Gasteiger partial charge is 0.201 e. The number of hydrogen-bond acceptors (Lipinski definition) is 1. The van der Waals surface area contributed by atoms with Gasteiger partial charge in [0.25, 0.3) is 0 Å². The van der Waals surface area contributed by atoms with Crippen LogP contribution in [-0.4, -0.2) is 6.61 Å². The van der Waals surface area contributed by atoms with Crippen LogP contribution in [0.3, 0.4) is 0 Å². The molecule has 1 nitrogen and oxygen atoms in total. The Morgan fingerprint density at radius 3 is 2.12 bits per heavy atom. The van der Waals surface area contributed by atoms with E-state index in [1.807, 2.05) is 6.92 Å². The molecule has 0 radical (unpaired) electrons. The number of allylic oxidation sites excluding steroid dienone is 2. The number of ether oxygens (including phenoxy) is 1. The molecule has 1 aliphatic carbocycles. The van der Waals surface area contributed by atoms with Crippen LogP contribution in [-0.2, 0) is 0 Å². The SMILES string of the molecule is CC/C=C\CC1CCC(c2ccc(-c3ccc(OCCCC)c(F)c3F)c(F)c2F)CC1. The summed E-state index contributed by atoms with van der Waals surface area (Å²) in [5.74, 6) is -4.20. The zero-order chi connectivity index (χ0) is 23.1. The van der Waals surface area contributed by atoms with Gasteiger partial charge in [-0.15, -0.1) is 0 Å². The third-order valence-corrected chi connectivity index (χ3v) is 6.36. The Morgan fingerprint density at radius 2 is 1.47 bits per heavy atom. The van der Waals surface area contributed by atoms with Crippen molar-refractivity contribution >= 4 is 0 Å². The Bertz CT molecular complexity index is 930. The van der Waals surface area contributed by atoms with Crippen molar-refractivity contribution in [3.63, 3.8) is 0 Å². The molecule has 3 rings (SSSR count). The molecule has 5 heteroatoms. The lowest BCUT2D eigenvalue weighted by molar-refractivity contribution is 0.289. The van der Waals surface area contributed by atoms with Crippen molar-refractivity contribution in [3.8, 4) is 16.9 Å². The van der Waals surface area contributed by atoms with Crippen LogP contribution in [0.5, 0.6) is 5.75 Å². The maximum atomic E-state index is 15.0. The van der Waals surface area contributed by atoms with Gasteiger partial charge in [-0.1, -0.05) is 44.6 Å². The summed E-state index contributed by atoms with van der Waals surface area (Å²) in [5.41, 5.74) is -0.255. The second kappa shape index (κ2) is 11.5. The Kier molecular flexibility index (Phi) is 8.77. The minimum atomic E-state index is -1.23. The fraction of sp³-hybridized carbons (Fsp3) is 0.481. The molecule has 0 spiro atoms. The third-order valence-electron chi connectivity index (χ3n) is 6.36. The first-order valence-electron chi connectivity index (χ1n) is 11.7. The van der Waals surface area contributed by atoms with E-state index in [2.05, 4.69) is 19.1 Å². The van der Waals surface area contributed by atoms with Gasteiger partial charge in [-0.3, -0.25) is 0 Å². The number of unbranched alkanes of at least 4 members (excludes halogenated alkanes) is 1. The highest BCUT2D eigenvalue weighted by Gasteiger charge is 2.27. The molecule has 1 saturated carbocycles. The second-order valence-electron chi connectivity index (χ2n) is 8.60. The predicted octanol–water partition coefficient (Wildman–Crippen LogP) is 8.72. The molecular formula is C27H32F4O. The summed E-state index contributed by atoms with van der Waals surface area (Å²) in [6.07, 6.45) is 11.5. The molecule has 174 valence electrons. The highest BCUT2D eigenvalue weighted by atomic mass is 19.2.